The van der Waals surface area contributed by atoms with E-state index in [0.29, 0.717) is 12.5 Å². The number of piperidine rings is 1. The minimum absolute atomic E-state index is 0.0852. The zero-order valence-corrected chi connectivity index (χ0v) is 9.03. The lowest BCUT2D eigenvalue weighted by molar-refractivity contribution is -0.134. The molecule has 1 rings (SSSR count). The van der Waals surface area contributed by atoms with Gasteiger partial charge in [0.05, 0.1) is 12.1 Å². The van der Waals surface area contributed by atoms with E-state index in [-0.39, 0.29) is 11.9 Å². The number of ether oxygens (including phenoxy) is 1. The summed E-state index contributed by atoms with van der Waals surface area (Å²) in [6.07, 6.45) is 2.89. The molecule has 0 spiro atoms. The van der Waals surface area contributed by atoms with Crippen LogP contribution in [0, 0.1) is 0 Å². The van der Waals surface area contributed by atoms with E-state index in [0.717, 1.165) is 25.9 Å². The molecule has 0 aromatic carbocycles. The quantitative estimate of drug-likeness (QED) is 0.715. The van der Waals surface area contributed by atoms with E-state index < -0.39 is 0 Å². The molecule has 1 saturated heterocycles. The van der Waals surface area contributed by atoms with E-state index in [1.807, 2.05) is 11.8 Å². The first kappa shape index (κ1) is 11.5. The second-order valence-electron chi connectivity index (χ2n) is 3.78. The average molecular weight is 200 g/mol. The number of methoxy groups -OCH3 is 1. The zero-order chi connectivity index (χ0) is 10.6. The number of hydrogen-bond acceptors (Lipinski definition) is 3. The number of hydrogen-bond donors (Lipinski definition) is 1. The van der Waals surface area contributed by atoms with Gasteiger partial charge in [-0.25, -0.2) is 0 Å². The Labute approximate surface area is 85.4 Å². The summed E-state index contributed by atoms with van der Waals surface area (Å²) >= 11 is 0. The highest BCUT2D eigenvalue weighted by atomic mass is 16.5. The Hall–Kier alpha value is -0.610. The third-order valence-electron chi connectivity index (χ3n) is 2.84. The van der Waals surface area contributed by atoms with Crippen molar-refractivity contribution in [3.05, 3.63) is 0 Å². The molecule has 1 heterocycles. The lowest BCUT2D eigenvalue weighted by atomic mass is 10.1. The van der Waals surface area contributed by atoms with Gasteiger partial charge in [-0.2, -0.15) is 0 Å². The van der Waals surface area contributed by atoms with E-state index in [2.05, 4.69) is 0 Å². The molecule has 1 fully saturated rings. The molecular weight excluding hydrogens is 180 g/mol. The van der Waals surface area contributed by atoms with Crippen molar-refractivity contribution in [3.63, 3.8) is 0 Å². The second kappa shape index (κ2) is 5.32. The molecule has 0 unspecified atom stereocenters. The molecule has 82 valence electrons. The maximum absolute atomic E-state index is 11.7. The fourth-order valence-corrected chi connectivity index (χ4v) is 1.72. The molecule has 0 aliphatic carbocycles. The van der Waals surface area contributed by atoms with Crippen LogP contribution in [0.5, 0.6) is 0 Å². The van der Waals surface area contributed by atoms with Crippen LogP contribution < -0.4 is 5.73 Å². The van der Waals surface area contributed by atoms with Crippen LogP contribution in [0.2, 0.25) is 0 Å². The fourth-order valence-electron chi connectivity index (χ4n) is 1.72. The van der Waals surface area contributed by atoms with Gasteiger partial charge in [0.2, 0.25) is 5.91 Å². The molecule has 4 nitrogen and oxygen atoms in total. The van der Waals surface area contributed by atoms with E-state index in [1.165, 1.54) is 0 Å². The first-order valence-corrected chi connectivity index (χ1v) is 5.26. The van der Waals surface area contributed by atoms with Crippen LogP contribution in [0.1, 0.15) is 26.2 Å². The number of likely N-dealkylation sites (tertiary alicyclic amines) is 1. The van der Waals surface area contributed by atoms with Crippen LogP contribution in [0.15, 0.2) is 0 Å². The van der Waals surface area contributed by atoms with Gasteiger partial charge in [-0.05, 0) is 19.3 Å². The van der Waals surface area contributed by atoms with Crippen LogP contribution in [-0.2, 0) is 9.53 Å². The molecule has 0 bridgehead atoms. The van der Waals surface area contributed by atoms with Gasteiger partial charge in [0.1, 0.15) is 0 Å². The van der Waals surface area contributed by atoms with Gasteiger partial charge in [-0.15, -0.1) is 0 Å². The summed E-state index contributed by atoms with van der Waals surface area (Å²) in [5.74, 6) is 0.0852. The number of carbonyl (C=O) groups excluding carboxylic acids is 1. The molecule has 1 aliphatic rings. The fraction of sp³-hybridized carbons (Fsp3) is 0.900. The van der Waals surface area contributed by atoms with Crippen molar-refractivity contribution in [1.29, 1.82) is 0 Å². The van der Waals surface area contributed by atoms with Gasteiger partial charge in [-0.3, -0.25) is 4.79 Å². The summed E-state index contributed by atoms with van der Waals surface area (Å²) in [6, 6.07) is -0.325. The first-order valence-electron chi connectivity index (χ1n) is 5.26. The molecule has 0 radical (unpaired) electrons. The minimum atomic E-state index is -0.325. The lowest BCUT2D eigenvalue weighted by Crippen LogP contribution is -2.47. The molecule has 0 aromatic rings. The molecule has 1 atom stereocenters. The van der Waals surface area contributed by atoms with Crippen molar-refractivity contribution in [1.82, 2.24) is 4.90 Å². The molecule has 1 aliphatic heterocycles. The van der Waals surface area contributed by atoms with Crippen LogP contribution in [-0.4, -0.2) is 43.2 Å². The topological polar surface area (TPSA) is 55.6 Å². The molecule has 0 aromatic heterocycles. The highest BCUT2D eigenvalue weighted by Gasteiger charge is 2.25. The average Bonchev–Trinajstić information content (AvgIpc) is 2.27. The lowest BCUT2D eigenvalue weighted by Gasteiger charge is -2.32. The smallest absolute Gasteiger partial charge is 0.239 e. The predicted octanol–water partition coefficient (Wildman–Crippen LogP) is 0.361. The maximum atomic E-state index is 11.7. The summed E-state index contributed by atoms with van der Waals surface area (Å²) in [7, 11) is 1.72. The van der Waals surface area contributed by atoms with Crippen molar-refractivity contribution in [2.45, 2.75) is 38.3 Å². The van der Waals surface area contributed by atoms with Crippen LogP contribution in [0.3, 0.4) is 0 Å². The van der Waals surface area contributed by atoms with Crippen LogP contribution >= 0.6 is 0 Å². The van der Waals surface area contributed by atoms with Crippen LogP contribution in [0.25, 0.3) is 0 Å². The Morgan fingerprint density at radius 2 is 2.14 bits per heavy atom. The Morgan fingerprint density at radius 1 is 1.57 bits per heavy atom. The first-order chi connectivity index (χ1) is 6.69. The summed E-state index contributed by atoms with van der Waals surface area (Å²) in [4.78, 5) is 13.5. The third kappa shape index (κ3) is 2.69. The van der Waals surface area contributed by atoms with Gasteiger partial charge in [0.15, 0.2) is 0 Å². The van der Waals surface area contributed by atoms with Crippen molar-refractivity contribution >= 4 is 5.91 Å². The SMILES string of the molecule is CC[C@@H](N)C(=O)N1CCC(OC)CC1. The summed E-state index contributed by atoms with van der Waals surface area (Å²) in [6.45, 7) is 3.50. The summed E-state index contributed by atoms with van der Waals surface area (Å²) in [5.41, 5.74) is 5.69. The Kier molecular flexibility index (Phi) is 4.35. The van der Waals surface area contributed by atoms with Crippen molar-refractivity contribution in [2.75, 3.05) is 20.2 Å². The zero-order valence-electron chi connectivity index (χ0n) is 9.03. The molecule has 14 heavy (non-hydrogen) atoms. The highest BCUT2D eigenvalue weighted by molar-refractivity contribution is 5.81. The normalized spacial score (nSPS) is 20.9. The Balaban J connectivity index is 2.37. The number of carbonyl (C=O) groups is 1. The molecule has 0 saturated carbocycles. The van der Waals surface area contributed by atoms with E-state index in [1.54, 1.807) is 7.11 Å². The van der Waals surface area contributed by atoms with E-state index in [9.17, 15) is 4.79 Å². The summed E-state index contributed by atoms with van der Waals surface area (Å²) < 4.78 is 5.24. The van der Waals surface area contributed by atoms with Crippen molar-refractivity contribution in [3.8, 4) is 0 Å². The van der Waals surface area contributed by atoms with Crippen molar-refractivity contribution in [2.24, 2.45) is 5.73 Å². The van der Waals surface area contributed by atoms with Gasteiger partial charge >= 0.3 is 0 Å². The Bertz CT molecular complexity index is 189. The number of nitrogens with two attached hydrogens (primary N) is 1. The standard InChI is InChI=1S/C10H20N2O2/c1-3-9(11)10(13)12-6-4-8(14-2)5-7-12/h8-9H,3-7,11H2,1-2H3/t9-/m1/s1. The molecule has 4 heteroatoms. The highest BCUT2D eigenvalue weighted by Crippen LogP contribution is 2.13. The van der Waals surface area contributed by atoms with E-state index in [4.69, 9.17) is 10.5 Å². The molecule has 1 amide bonds. The third-order valence-corrected chi connectivity index (χ3v) is 2.84. The molecular formula is C10H20N2O2. The predicted molar refractivity (Wildman–Crippen MR) is 54.9 cm³/mol. The minimum Gasteiger partial charge on any atom is -0.381 e. The number of nitrogens with zero attached hydrogens (tertiary/aromatic N) is 1. The van der Waals surface area contributed by atoms with Gasteiger partial charge in [-0.1, -0.05) is 6.92 Å². The van der Waals surface area contributed by atoms with Gasteiger partial charge < -0.3 is 15.4 Å². The van der Waals surface area contributed by atoms with Crippen molar-refractivity contribution < 1.29 is 9.53 Å². The number of amides is 1. The number of rotatable bonds is 3. The Morgan fingerprint density at radius 3 is 2.57 bits per heavy atom. The van der Waals surface area contributed by atoms with Gasteiger partial charge in [0, 0.05) is 20.2 Å². The largest absolute Gasteiger partial charge is 0.381 e. The van der Waals surface area contributed by atoms with Gasteiger partial charge in [0.25, 0.3) is 0 Å². The van der Waals surface area contributed by atoms with E-state index >= 15 is 0 Å². The second-order valence-corrected chi connectivity index (χ2v) is 3.78. The van der Waals surface area contributed by atoms with Crippen LogP contribution in [0.4, 0.5) is 0 Å². The molecule has 2 N–H and O–H groups in total. The summed E-state index contributed by atoms with van der Waals surface area (Å²) in [5, 5.41) is 0. The maximum Gasteiger partial charge on any atom is 0.239 e. The monoisotopic (exact) mass is 200 g/mol.